The predicted molar refractivity (Wildman–Crippen MR) is 130 cm³/mol. The van der Waals surface area contributed by atoms with Crippen LogP contribution in [0, 0.1) is 0 Å². The lowest BCUT2D eigenvalue weighted by molar-refractivity contribution is 0.306. The first-order valence-electron chi connectivity index (χ1n) is 9.80. The van der Waals surface area contributed by atoms with Crippen molar-refractivity contribution >= 4 is 40.8 Å². The SMILES string of the molecule is Clc1cccc(COc2ccc(Cl)cc2/C=N\N(c2ccccc2)c2ccccc2)c1. The van der Waals surface area contributed by atoms with E-state index >= 15 is 0 Å². The monoisotopic (exact) mass is 446 g/mol. The number of benzene rings is 4. The van der Waals surface area contributed by atoms with Crippen molar-refractivity contribution in [2.45, 2.75) is 6.61 Å². The molecule has 0 N–H and O–H groups in total. The molecule has 31 heavy (non-hydrogen) atoms. The molecular weight excluding hydrogens is 427 g/mol. The van der Waals surface area contributed by atoms with Gasteiger partial charge in [-0.1, -0.05) is 71.7 Å². The third-order valence-electron chi connectivity index (χ3n) is 4.57. The van der Waals surface area contributed by atoms with E-state index in [0.717, 1.165) is 22.5 Å². The Morgan fingerprint density at radius 1 is 0.710 bits per heavy atom. The van der Waals surface area contributed by atoms with Crippen LogP contribution in [0.4, 0.5) is 11.4 Å². The van der Waals surface area contributed by atoms with Crippen molar-refractivity contribution in [3.8, 4) is 5.75 Å². The van der Waals surface area contributed by atoms with E-state index in [4.69, 9.17) is 33.0 Å². The van der Waals surface area contributed by atoms with Crippen LogP contribution < -0.4 is 9.75 Å². The number of ether oxygens (including phenoxy) is 1. The van der Waals surface area contributed by atoms with E-state index in [-0.39, 0.29) is 0 Å². The Hall–Kier alpha value is -3.27. The Bertz CT molecular complexity index is 1120. The lowest BCUT2D eigenvalue weighted by atomic mass is 10.2. The summed E-state index contributed by atoms with van der Waals surface area (Å²) >= 11 is 12.3. The van der Waals surface area contributed by atoms with Gasteiger partial charge in [-0.25, -0.2) is 5.01 Å². The summed E-state index contributed by atoms with van der Waals surface area (Å²) < 4.78 is 6.05. The van der Waals surface area contributed by atoms with Gasteiger partial charge in [0, 0.05) is 15.6 Å². The summed E-state index contributed by atoms with van der Waals surface area (Å²) in [7, 11) is 0. The maximum absolute atomic E-state index is 6.26. The third-order valence-corrected chi connectivity index (χ3v) is 5.04. The maximum atomic E-state index is 6.26. The fraction of sp³-hybridized carbons (Fsp3) is 0.0385. The van der Waals surface area contributed by atoms with Gasteiger partial charge < -0.3 is 4.74 Å². The van der Waals surface area contributed by atoms with Gasteiger partial charge in [-0.05, 0) is 60.2 Å². The topological polar surface area (TPSA) is 24.8 Å². The molecule has 0 bridgehead atoms. The van der Waals surface area contributed by atoms with Gasteiger partial charge in [-0.3, -0.25) is 0 Å². The summed E-state index contributed by atoms with van der Waals surface area (Å²) in [6.07, 6.45) is 1.76. The third kappa shape index (κ3) is 5.66. The zero-order valence-corrected chi connectivity index (χ0v) is 18.2. The normalized spacial score (nSPS) is 10.9. The lowest BCUT2D eigenvalue weighted by Gasteiger charge is -2.19. The molecule has 0 aliphatic carbocycles. The molecule has 3 nitrogen and oxygen atoms in total. The van der Waals surface area contributed by atoms with Gasteiger partial charge in [0.2, 0.25) is 0 Å². The molecule has 0 aliphatic heterocycles. The zero-order valence-electron chi connectivity index (χ0n) is 16.7. The fourth-order valence-corrected chi connectivity index (χ4v) is 3.47. The summed E-state index contributed by atoms with van der Waals surface area (Å²) in [5, 5.41) is 7.92. The zero-order chi connectivity index (χ0) is 21.5. The van der Waals surface area contributed by atoms with E-state index in [9.17, 15) is 0 Å². The smallest absolute Gasteiger partial charge is 0.128 e. The molecular formula is C26H20Cl2N2O. The molecule has 0 fully saturated rings. The molecule has 4 rings (SSSR count). The standard InChI is InChI=1S/C26H20Cl2N2O/c27-22-9-7-8-20(16-22)19-31-26-15-14-23(28)17-21(26)18-29-30(24-10-3-1-4-11-24)25-12-5-2-6-13-25/h1-18H,19H2/b29-18-. The van der Waals surface area contributed by atoms with E-state index in [2.05, 4.69) is 0 Å². The van der Waals surface area contributed by atoms with Gasteiger partial charge in [-0.2, -0.15) is 5.10 Å². The summed E-state index contributed by atoms with van der Waals surface area (Å²) in [5.41, 5.74) is 3.67. The molecule has 0 spiro atoms. The largest absolute Gasteiger partial charge is 0.488 e. The van der Waals surface area contributed by atoms with Gasteiger partial charge >= 0.3 is 0 Å². The van der Waals surface area contributed by atoms with Crippen LogP contribution in [0.25, 0.3) is 0 Å². The molecule has 0 amide bonds. The first-order chi connectivity index (χ1) is 15.2. The van der Waals surface area contributed by atoms with Gasteiger partial charge in [0.05, 0.1) is 17.6 Å². The van der Waals surface area contributed by atoms with E-state index in [1.165, 1.54) is 0 Å². The molecule has 4 aromatic rings. The summed E-state index contributed by atoms with van der Waals surface area (Å²) in [6.45, 7) is 0.393. The quantitative estimate of drug-likeness (QED) is 0.214. The highest BCUT2D eigenvalue weighted by Crippen LogP contribution is 2.27. The summed E-state index contributed by atoms with van der Waals surface area (Å²) in [5.74, 6) is 0.689. The number of nitrogens with zero attached hydrogens (tertiary/aromatic N) is 2. The number of hydrogen-bond acceptors (Lipinski definition) is 3. The van der Waals surface area contributed by atoms with Crippen molar-refractivity contribution in [1.82, 2.24) is 0 Å². The molecule has 0 radical (unpaired) electrons. The molecule has 0 heterocycles. The minimum Gasteiger partial charge on any atom is -0.488 e. The van der Waals surface area contributed by atoms with Crippen LogP contribution in [0.3, 0.4) is 0 Å². The van der Waals surface area contributed by atoms with Gasteiger partial charge in [0.15, 0.2) is 0 Å². The van der Waals surface area contributed by atoms with Gasteiger partial charge in [0.25, 0.3) is 0 Å². The van der Waals surface area contributed by atoms with Crippen LogP contribution in [0.2, 0.25) is 10.0 Å². The molecule has 5 heteroatoms. The van der Waals surface area contributed by atoms with Crippen molar-refractivity contribution in [2.24, 2.45) is 5.10 Å². The fourth-order valence-electron chi connectivity index (χ4n) is 3.08. The Morgan fingerprint density at radius 3 is 2.00 bits per heavy atom. The van der Waals surface area contributed by atoms with E-state index < -0.39 is 0 Å². The second-order valence-electron chi connectivity index (χ2n) is 6.83. The molecule has 0 unspecified atom stereocenters. The Balaban J connectivity index is 1.62. The number of hydrogen-bond donors (Lipinski definition) is 0. The van der Waals surface area contributed by atoms with Crippen molar-refractivity contribution in [3.63, 3.8) is 0 Å². The number of rotatable bonds is 7. The van der Waals surface area contributed by atoms with E-state index in [1.54, 1.807) is 12.3 Å². The molecule has 0 aromatic heterocycles. The van der Waals surface area contributed by atoms with Crippen LogP contribution in [-0.2, 0) is 6.61 Å². The summed E-state index contributed by atoms with van der Waals surface area (Å²) in [6, 6.07) is 33.1. The average Bonchev–Trinajstić information content (AvgIpc) is 2.80. The highest BCUT2D eigenvalue weighted by Gasteiger charge is 2.09. The molecule has 0 atom stereocenters. The summed E-state index contributed by atoms with van der Waals surface area (Å²) in [4.78, 5) is 0. The average molecular weight is 447 g/mol. The highest BCUT2D eigenvalue weighted by molar-refractivity contribution is 6.31. The van der Waals surface area contributed by atoms with Crippen LogP contribution in [0.1, 0.15) is 11.1 Å². The van der Waals surface area contributed by atoms with Crippen molar-refractivity contribution in [1.29, 1.82) is 0 Å². The first-order valence-corrected chi connectivity index (χ1v) is 10.6. The van der Waals surface area contributed by atoms with E-state index in [0.29, 0.717) is 22.4 Å². The Morgan fingerprint density at radius 2 is 1.35 bits per heavy atom. The molecule has 0 saturated heterocycles. The van der Waals surface area contributed by atoms with Gasteiger partial charge in [0.1, 0.15) is 12.4 Å². The van der Waals surface area contributed by atoms with Crippen molar-refractivity contribution < 1.29 is 4.74 Å². The van der Waals surface area contributed by atoms with Crippen LogP contribution in [0.5, 0.6) is 5.75 Å². The minimum absolute atomic E-state index is 0.393. The van der Waals surface area contributed by atoms with Crippen molar-refractivity contribution in [2.75, 3.05) is 5.01 Å². The highest BCUT2D eigenvalue weighted by atomic mass is 35.5. The minimum atomic E-state index is 0.393. The van der Waals surface area contributed by atoms with Crippen LogP contribution in [-0.4, -0.2) is 6.21 Å². The number of para-hydroxylation sites is 2. The first kappa shape index (κ1) is 21.0. The molecule has 0 saturated carbocycles. The Kier molecular flexibility index (Phi) is 6.88. The number of anilines is 2. The van der Waals surface area contributed by atoms with Crippen molar-refractivity contribution in [3.05, 3.63) is 124 Å². The molecule has 0 aliphatic rings. The lowest BCUT2D eigenvalue weighted by Crippen LogP contribution is -2.09. The molecule has 4 aromatic carbocycles. The second-order valence-corrected chi connectivity index (χ2v) is 7.70. The molecule has 154 valence electrons. The van der Waals surface area contributed by atoms with Crippen LogP contribution in [0.15, 0.2) is 108 Å². The second kappa shape index (κ2) is 10.2. The van der Waals surface area contributed by atoms with E-state index in [1.807, 2.05) is 102 Å². The number of hydrazone groups is 1. The van der Waals surface area contributed by atoms with Gasteiger partial charge in [-0.15, -0.1) is 0 Å². The predicted octanol–water partition coefficient (Wildman–Crippen LogP) is 7.74. The van der Waals surface area contributed by atoms with Crippen LogP contribution >= 0.6 is 23.2 Å². The number of halogens is 2. The Labute approximate surface area is 192 Å². The maximum Gasteiger partial charge on any atom is 0.128 e.